The fourth-order valence-electron chi connectivity index (χ4n) is 5.29. The standard InChI is InChI=1S/C31H52N2/c1-3-5-7-9-10-11-12-13-15-19-23-30(27-29-21-17-16-18-22-29)31(33-26-25-32-28-33)24-20-14-8-6-4-2/h16-18,21-22,25-26,28,30-31H,3-15,19-20,23-24,27H2,1-2H3. The van der Waals surface area contributed by atoms with E-state index < -0.39 is 0 Å². The zero-order valence-corrected chi connectivity index (χ0v) is 21.9. The Balaban J connectivity index is 1.85. The molecule has 0 amide bonds. The lowest BCUT2D eigenvalue weighted by Gasteiger charge is -2.29. The van der Waals surface area contributed by atoms with Gasteiger partial charge in [0.05, 0.1) is 6.33 Å². The van der Waals surface area contributed by atoms with Crippen LogP contribution in [0.5, 0.6) is 0 Å². The van der Waals surface area contributed by atoms with E-state index in [9.17, 15) is 0 Å². The zero-order chi connectivity index (χ0) is 23.4. The smallest absolute Gasteiger partial charge is 0.0948 e. The zero-order valence-electron chi connectivity index (χ0n) is 21.9. The van der Waals surface area contributed by atoms with Gasteiger partial charge in [0.25, 0.3) is 0 Å². The SMILES string of the molecule is CCCCCCCCCCCCC(Cc1ccccc1)C(CCCCCCC)n1ccnc1. The van der Waals surface area contributed by atoms with Crippen LogP contribution < -0.4 is 0 Å². The van der Waals surface area contributed by atoms with Crippen LogP contribution in [0.2, 0.25) is 0 Å². The Morgan fingerprint density at radius 3 is 1.76 bits per heavy atom. The van der Waals surface area contributed by atoms with Gasteiger partial charge < -0.3 is 4.57 Å². The maximum Gasteiger partial charge on any atom is 0.0948 e. The lowest BCUT2D eigenvalue weighted by atomic mass is 9.84. The molecule has 186 valence electrons. The van der Waals surface area contributed by atoms with E-state index in [1.807, 2.05) is 6.20 Å². The molecule has 1 aromatic carbocycles. The quantitative estimate of drug-likeness (QED) is 0.172. The summed E-state index contributed by atoms with van der Waals surface area (Å²) in [6.45, 7) is 4.60. The normalized spacial score (nSPS) is 13.3. The summed E-state index contributed by atoms with van der Waals surface area (Å²) in [4.78, 5) is 4.41. The Kier molecular flexibility index (Phi) is 15.8. The third kappa shape index (κ3) is 12.5. The summed E-state index contributed by atoms with van der Waals surface area (Å²) < 4.78 is 2.42. The van der Waals surface area contributed by atoms with Crippen molar-refractivity contribution < 1.29 is 0 Å². The van der Waals surface area contributed by atoms with E-state index in [1.165, 1.54) is 121 Å². The maximum atomic E-state index is 4.41. The van der Waals surface area contributed by atoms with Crippen LogP contribution in [-0.2, 0) is 6.42 Å². The van der Waals surface area contributed by atoms with E-state index >= 15 is 0 Å². The molecule has 2 aromatic rings. The van der Waals surface area contributed by atoms with E-state index in [-0.39, 0.29) is 0 Å². The van der Waals surface area contributed by atoms with Gasteiger partial charge in [-0.1, -0.05) is 140 Å². The molecule has 0 radical (unpaired) electrons. The predicted molar refractivity (Wildman–Crippen MR) is 145 cm³/mol. The lowest BCUT2D eigenvalue weighted by Crippen LogP contribution is -2.21. The molecule has 2 rings (SSSR count). The van der Waals surface area contributed by atoms with E-state index in [4.69, 9.17) is 0 Å². The lowest BCUT2D eigenvalue weighted by molar-refractivity contribution is 0.275. The highest BCUT2D eigenvalue weighted by Crippen LogP contribution is 2.32. The van der Waals surface area contributed by atoms with Crippen molar-refractivity contribution in [3.05, 3.63) is 54.6 Å². The average Bonchev–Trinajstić information content (AvgIpc) is 3.37. The summed E-state index contributed by atoms with van der Waals surface area (Å²) in [5.74, 6) is 0.696. The number of imidazole rings is 1. The van der Waals surface area contributed by atoms with Gasteiger partial charge >= 0.3 is 0 Å². The van der Waals surface area contributed by atoms with E-state index in [0.717, 1.165) is 0 Å². The molecule has 0 spiro atoms. The average molecular weight is 453 g/mol. The number of benzene rings is 1. The molecule has 1 aromatic heterocycles. The number of aromatic nitrogens is 2. The van der Waals surface area contributed by atoms with E-state index in [2.05, 4.69) is 66.3 Å². The minimum absolute atomic E-state index is 0.577. The number of unbranched alkanes of at least 4 members (excludes halogenated alkanes) is 13. The highest BCUT2D eigenvalue weighted by Gasteiger charge is 2.23. The van der Waals surface area contributed by atoms with Gasteiger partial charge in [0, 0.05) is 18.4 Å². The Labute approximate surface area is 205 Å². The molecule has 0 aliphatic rings. The Morgan fingerprint density at radius 2 is 1.21 bits per heavy atom. The minimum Gasteiger partial charge on any atom is -0.334 e. The summed E-state index contributed by atoms with van der Waals surface area (Å²) in [6.07, 6.45) is 31.0. The van der Waals surface area contributed by atoms with Gasteiger partial charge in [0.2, 0.25) is 0 Å². The largest absolute Gasteiger partial charge is 0.334 e. The first kappa shape index (κ1) is 27.7. The summed E-state index contributed by atoms with van der Waals surface area (Å²) in [5, 5.41) is 0. The topological polar surface area (TPSA) is 17.8 Å². The molecule has 0 aliphatic carbocycles. The molecule has 0 saturated heterocycles. The minimum atomic E-state index is 0.577. The second-order valence-corrected chi connectivity index (χ2v) is 10.2. The number of hydrogen-bond donors (Lipinski definition) is 0. The molecule has 0 fully saturated rings. The van der Waals surface area contributed by atoms with Gasteiger partial charge in [-0.3, -0.25) is 0 Å². The summed E-state index contributed by atoms with van der Waals surface area (Å²) in [5.41, 5.74) is 1.49. The second kappa shape index (κ2) is 18.8. The van der Waals surface area contributed by atoms with Crippen LogP contribution in [0.3, 0.4) is 0 Å². The Morgan fingerprint density at radius 1 is 0.667 bits per heavy atom. The van der Waals surface area contributed by atoms with Crippen LogP contribution in [0, 0.1) is 5.92 Å². The van der Waals surface area contributed by atoms with Crippen molar-refractivity contribution in [1.29, 1.82) is 0 Å². The fourth-order valence-corrected chi connectivity index (χ4v) is 5.29. The third-order valence-corrected chi connectivity index (χ3v) is 7.32. The van der Waals surface area contributed by atoms with Crippen LogP contribution in [0.25, 0.3) is 0 Å². The van der Waals surface area contributed by atoms with E-state index in [0.29, 0.717) is 12.0 Å². The molecule has 2 atom stereocenters. The van der Waals surface area contributed by atoms with E-state index in [1.54, 1.807) is 0 Å². The Bertz CT molecular complexity index is 649. The first-order valence-corrected chi connectivity index (χ1v) is 14.4. The number of nitrogens with zero attached hydrogens (tertiary/aromatic N) is 2. The molecular weight excluding hydrogens is 400 g/mol. The summed E-state index contributed by atoms with van der Waals surface area (Å²) >= 11 is 0. The van der Waals surface area contributed by atoms with Crippen LogP contribution >= 0.6 is 0 Å². The van der Waals surface area contributed by atoms with Gasteiger partial charge in [-0.25, -0.2) is 4.98 Å². The Hall–Kier alpha value is -1.57. The molecule has 0 saturated carbocycles. The molecule has 2 unspecified atom stereocenters. The number of rotatable bonds is 21. The first-order chi connectivity index (χ1) is 16.3. The highest BCUT2D eigenvalue weighted by atomic mass is 15.1. The predicted octanol–water partition coefficient (Wildman–Crippen LogP) is 9.95. The second-order valence-electron chi connectivity index (χ2n) is 10.2. The van der Waals surface area contributed by atoms with Crippen molar-refractivity contribution in [3.8, 4) is 0 Å². The van der Waals surface area contributed by atoms with Crippen molar-refractivity contribution in [2.45, 2.75) is 135 Å². The molecule has 1 heterocycles. The molecule has 2 heteroatoms. The fraction of sp³-hybridized carbons (Fsp3) is 0.710. The van der Waals surface area contributed by atoms with Gasteiger partial charge in [0.1, 0.15) is 0 Å². The van der Waals surface area contributed by atoms with Gasteiger partial charge in [-0.15, -0.1) is 0 Å². The monoisotopic (exact) mass is 452 g/mol. The van der Waals surface area contributed by atoms with Crippen molar-refractivity contribution >= 4 is 0 Å². The molecule has 0 bridgehead atoms. The first-order valence-electron chi connectivity index (χ1n) is 14.4. The van der Waals surface area contributed by atoms with Crippen LogP contribution in [0.1, 0.15) is 135 Å². The molecule has 0 aliphatic heterocycles. The van der Waals surface area contributed by atoms with Crippen LogP contribution in [-0.4, -0.2) is 9.55 Å². The van der Waals surface area contributed by atoms with Crippen molar-refractivity contribution in [2.75, 3.05) is 0 Å². The van der Waals surface area contributed by atoms with Crippen LogP contribution in [0.4, 0.5) is 0 Å². The maximum absolute atomic E-state index is 4.41. The summed E-state index contributed by atoms with van der Waals surface area (Å²) in [6, 6.07) is 11.7. The van der Waals surface area contributed by atoms with Gasteiger partial charge in [-0.2, -0.15) is 0 Å². The third-order valence-electron chi connectivity index (χ3n) is 7.32. The molecule has 0 N–H and O–H groups in total. The van der Waals surface area contributed by atoms with Crippen molar-refractivity contribution in [3.63, 3.8) is 0 Å². The molecule has 2 nitrogen and oxygen atoms in total. The summed E-state index contributed by atoms with van der Waals surface area (Å²) in [7, 11) is 0. The van der Waals surface area contributed by atoms with Gasteiger partial charge in [0.15, 0.2) is 0 Å². The van der Waals surface area contributed by atoms with Crippen molar-refractivity contribution in [2.24, 2.45) is 5.92 Å². The molecular formula is C31H52N2. The molecule has 33 heavy (non-hydrogen) atoms. The van der Waals surface area contributed by atoms with Crippen LogP contribution in [0.15, 0.2) is 49.1 Å². The van der Waals surface area contributed by atoms with Crippen molar-refractivity contribution in [1.82, 2.24) is 9.55 Å². The number of hydrogen-bond acceptors (Lipinski definition) is 1. The highest BCUT2D eigenvalue weighted by molar-refractivity contribution is 5.15. The van der Waals surface area contributed by atoms with Gasteiger partial charge in [-0.05, 0) is 30.7 Å².